The first-order chi connectivity index (χ1) is 13.3. The van der Waals surface area contributed by atoms with E-state index in [1.54, 1.807) is 18.2 Å². The van der Waals surface area contributed by atoms with E-state index in [1.165, 1.54) is 18.2 Å². The number of rotatable bonds is 7. The van der Waals surface area contributed by atoms with Gasteiger partial charge in [0.2, 0.25) is 0 Å². The van der Waals surface area contributed by atoms with Crippen molar-refractivity contribution in [3.63, 3.8) is 0 Å². The quantitative estimate of drug-likeness (QED) is 0.512. The van der Waals surface area contributed by atoms with Gasteiger partial charge >= 0.3 is 0 Å². The number of fused-ring (bicyclic) bond motifs is 1. The van der Waals surface area contributed by atoms with Gasteiger partial charge in [-0.3, -0.25) is 14.5 Å². The lowest BCUT2D eigenvalue weighted by atomic mass is 9.88. The van der Waals surface area contributed by atoms with Crippen LogP contribution in [0.5, 0.6) is 17.2 Å². The maximum atomic E-state index is 10.6. The Morgan fingerprint density at radius 1 is 0.714 bits per heavy atom. The second-order valence-corrected chi connectivity index (χ2v) is 5.68. The van der Waals surface area contributed by atoms with Gasteiger partial charge in [0.15, 0.2) is 0 Å². The highest BCUT2D eigenvalue weighted by atomic mass is 17.0. The number of allylic oxidation sites excluding steroid dienone is 2. The van der Waals surface area contributed by atoms with Crippen molar-refractivity contribution in [2.24, 2.45) is 0 Å². The highest BCUT2D eigenvalue weighted by molar-refractivity contribution is 5.72. The van der Waals surface area contributed by atoms with Crippen LogP contribution in [0.2, 0.25) is 0 Å². The molecule has 0 saturated heterocycles. The van der Waals surface area contributed by atoms with Crippen molar-refractivity contribution in [1.29, 1.82) is 0 Å². The van der Waals surface area contributed by atoms with E-state index in [-0.39, 0.29) is 17.2 Å². The summed E-state index contributed by atoms with van der Waals surface area (Å²) >= 11 is 0. The number of hydrogen-bond acceptors (Lipinski definition) is 9. The molecule has 0 amide bonds. The van der Waals surface area contributed by atoms with Crippen molar-refractivity contribution in [2.75, 3.05) is 0 Å². The second kappa shape index (κ2) is 7.57. The lowest BCUT2D eigenvalue weighted by molar-refractivity contribution is -0.713. The van der Waals surface area contributed by atoms with Crippen LogP contribution in [0, 0.1) is 30.3 Å². The van der Waals surface area contributed by atoms with E-state index in [0.29, 0.717) is 18.4 Å². The molecule has 0 spiro atoms. The molecule has 0 bridgehead atoms. The maximum absolute atomic E-state index is 10.6. The monoisotopic (exact) mass is 389 g/mol. The fourth-order valence-corrected chi connectivity index (χ4v) is 2.87. The Bertz CT molecular complexity index is 969. The summed E-state index contributed by atoms with van der Waals surface area (Å²) in [5, 5.41) is 28.7. The molecule has 1 aliphatic rings. The molecule has 1 aliphatic carbocycles. The molecule has 0 unspecified atom stereocenters. The van der Waals surface area contributed by atoms with E-state index in [1.807, 2.05) is 0 Å². The van der Waals surface area contributed by atoms with Gasteiger partial charge in [-0.05, 0) is 65.4 Å². The first kappa shape index (κ1) is 18.6. The highest BCUT2D eigenvalue weighted by Crippen LogP contribution is 2.33. The smallest absolute Gasteiger partial charge is 0.276 e. The minimum absolute atomic E-state index is 0.101. The van der Waals surface area contributed by atoms with Crippen molar-refractivity contribution in [3.8, 4) is 17.2 Å². The van der Waals surface area contributed by atoms with Crippen LogP contribution in [0.3, 0.4) is 0 Å². The van der Waals surface area contributed by atoms with Gasteiger partial charge in [0, 0.05) is 0 Å². The van der Waals surface area contributed by atoms with Crippen LogP contribution in [0.25, 0.3) is 5.57 Å². The fourth-order valence-electron chi connectivity index (χ4n) is 2.87. The summed E-state index contributed by atoms with van der Waals surface area (Å²) in [5.41, 5.74) is 2.87. The molecule has 0 saturated carbocycles. The molecule has 0 atom stereocenters. The minimum atomic E-state index is -1.03. The molecule has 0 N–H and O–H groups in total. The van der Waals surface area contributed by atoms with E-state index in [4.69, 9.17) is 0 Å². The molecule has 0 heterocycles. The second-order valence-electron chi connectivity index (χ2n) is 5.68. The summed E-state index contributed by atoms with van der Waals surface area (Å²) in [6.45, 7) is 0. The average molecular weight is 389 g/mol. The largest absolute Gasteiger partial charge is 0.299 e. The molecule has 2 aromatic carbocycles. The first-order valence-electron chi connectivity index (χ1n) is 7.73. The van der Waals surface area contributed by atoms with Crippen molar-refractivity contribution in [1.82, 2.24) is 0 Å². The van der Waals surface area contributed by atoms with E-state index in [2.05, 4.69) is 14.5 Å². The van der Waals surface area contributed by atoms with Crippen LogP contribution in [0.4, 0.5) is 0 Å². The molecule has 0 aromatic heterocycles. The summed E-state index contributed by atoms with van der Waals surface area (Å²) in [4.78, 5) is 44.9. The van der Waals surface area contributed by atoms with Gasteiger partial charge in [-0.25, -0.2) is 0 Å². The molecule has 12 nitrogen and oxygen atoms in total. The normalized spacial score (nSPS) is 12.4. The van der Waals surface area contributed by atoms with Crippen LogP contribution >= 0.6 is 0 Å². The third-order valence-corrected chi connectivity index (χ3v) is 3.92. The molecule has 0 aliphatic heterocycles. The van der Waals surface area contributed by atoms with Gasteiger partial charge in [0.25, 0.3) is 15.3 Å². The molecule has 2 aromatic rings. The van der Waals surface area contributed by atoms with Crippen molar-refractivity contribution in [2.45, 2.75) is 12.8 Å². The Kier molecular flexibility index (Phi) is 5.02. The lowest BCUT2D eigenvalue weighted by Gasteiger charge is -2.19. The van der Waals surface area contributed by atoms with Crippen molar-refractivity contribution < 1.29 is 29.8 Å². The molecular formula is C16H11N3O9. The zero-order chi connectivity index (χ0) is 20.3. The van der Waals surface area contributed by atoms with Crippen molar-refractivity contribution in [3.05, 3.63) is 89.5 Å². The minimum Gasteiger partial charge on any atom is -0.276 e. The maximum Gasteiger partial charge on any atom is 0.299 e. The summed E-state index contributed by atoms with van der Waals surface area (Å²) < 4.78 is 0. The summed E-state index contributed by atoms with van der Waals surface area (Å²) in [5.74, 6) is -0.342. The topological polar surface area (TPSA) is 157 Å². The molecule has 3 rings (SSSR count). The predicted octanol–water partition coefficient (Wildman–Crippen LogP) is 2.58. The standard InChI is InChI=1S/C16H11N3O9/c20-17(21)26-14-4-3-10-5-11(1-2-12(10)6-14)13-7-15(27-18(22)23)9-16(8-13)28-19(24)25/h1,3-4,6-9H,2,5H2. The average Bonchev–Trinajstić information content (AvgIpc) is 2.59. The molecule has 12 heteroatoms. The Labute approximate surface area is 155 Å². The number of nitrogens with zero attached hydrogens (tertiary/aromatic N) is 3. The number of hydrogen-bond donors (Lipinski definition) is 0. The Hall–Kier alpha value is -4.22. The van der Waals surface area contributed by atoms with E-state index in [9.17, 15) is 30.3 Å². The van der Waals surface area contributed by atoms with Gasteiger partial charge in [-0.1, -0.05) is 12.1 Å². The van der Waals surface area contributed by atoms with Crippen LogP contribution < -0.4 is 14.5 Å². The van der Waals surface area contributed by atoms with E-state index >= 15 is 0 Å². The van der Waals surface area contributed by atoms with Crippen LogP contribution in [0.1, 0.15) is 16.7 Å². The fraction of sp³-hybridized carbons (Fsp3) is 0.125. The van der Waals surface area contributed by atoms with Crippen LogP contribution in [0.15, 0.2) is 42.5 Å². The SMILES string of the molecule is O=[N+]([O-])Oc1cc(O[N+](=O)[O-])cc(C2=CCc3cc(O[N+](=O)[O-])ccc3C2)c1. The first-order valence-corrected chi connectivity index (χ1v) is 7.73. The van der Waals surface area contributed by atoms with E-state index in [0.717, 1.165) is 22.8 Å². The zero-order valence-electron chi connectivity index (χ0n) is 14.0. The summed E-state index contributed by atoms with van der Waals surface area (Å²) in [6, 6.07) is 8.46. The zero-order valence-corrected chi connectivity index (χ0v) is 14.0. The third-order valence-electron chi connectivity index (χ3n) is 3.92. The highest BCUT2D eigenvalue weighted by Gasteiger charge is 2.16. The van der Waals surface area contributed by atoms with Gasteiger partial charge in [0.1, 0.15) is 17.2 Å². The van der Waals surface area contributed by atoms with E-state index < -0.39 is 15.3 Å². The Balaban J connectivity index is 1.90. The predicted molar refractivity (Wildman–Crippen MR) is 91.1 cm³/mol. The van der Waals surface area contributed by atoms with Crippen molar-refractivity contribution >= 4 is 5.57 Å². The third kappa shape index (κ3) is 4.49. The number of benzene rings is 2. The van der Waals surface area contributed by atoms with Crippen LogP contribution in [-0.4, -0.2) is 15.3 Å². The Morgan fingerprint density at radius 3 is 1.86 bits per heavy atom. The molecular weight excluding hydrogens is 378 g/mol. The molecule has 144 valence electrons. The lowest BCUT2D eigenvalue weighted by Crippen LogP contribution is -2.08. The van der Waals surface area contributed by atoms with Crippen LogP contribution in [-0.2, 0) is 12.8 Å². The Morgan fingerprint density at radius 2 is 1.29 bits per heavy atom. The van der Waals surface area contributed by atoms with Gasteiger partial charge in [-0.15, -0.1) is 30.3 Å². The van der Waals surface area contributed by atoms with Gasteiger partial charge in [-0.2, -0.15) is 0 Å². The van der Waals surface area contributed by atoms with Gasteiger partial charge in [0.05, 0.1) is 0 Å². The summed E-state index contributed by atoms with van der Waals surface area (Å²) in [6.07, 6.45) is 2.62. The summed E-state index contributed by atoms with van der Waals surface area (Å²) in [7, 11) is 0. The molecule has 28 heavy (non-hydrogen) atoms. The molecule has 0 radical (unpaired) electrons. The molecule has 0 fully saturated rings. The van der Waals surface area contributed by atoms with Gasteiger partial charge < -0.3 is 0 Å².